The fraction of sp³-hybridized carbons (Fsp3) is 0.176. The highest BCUT2D eigenvalue weighted by Crippen LogP contribution is 2.21. The summed E-state index contributed by atoms with van der Waals surface area (Å²) in [5.41, 5.74) is 2.26. The van der Waals surface area contributed by atoms with E-state index in [1.54, 1.807) is 16.3 Å². The molecule has 0 unspecified atom stereocenters. The molecule has 0 bridgehead atoms. The summed E-state index contributed by atoms with van der Waals surface area (Å²) in [7, 11) is 0. The quantitative estimate of drug-likeness (QED) is 0.651. The third kappa shape index (κ3) is 4.36. The minimum atomic E-state index is -0.153. The number of aromatic nitrogens is 3. The van der Waals surface area contributed by atoms with Gasteiger partial charge in [-0.2, -0.15) is 0 Å². The number of aromatic amines is 1. The lowest BCUT2D eigenvalue weighted by Gasteiger charge is -2.06. The van der Waals surface area contributed by atoms with Crippen molar-refractivity contribution in [3.8, 4) is 0 Å². The van der Waals surface area contributed by atoms with E-state index in [0.29, 0.717) is 6.54 Å². The summed E-state index contributed by atoms with van der Waals surface area (Å²) < 4.78 is 2.77. The number of thioether (sulfide) groups is 1. The summed E-state index contributed by atoms with van der Waals surface area (Å²) in [5, 5.41) is 7.42. The Bertz CT molecular complexity index is 812. The van der Waals surface area contributed by atoms with Gasteiger partial charge in [-0.15, -0.1) is 5.10 Å². The van der Waals surface area contributed by atoms with Crippen LogP contribution in [0.5, 0.6) is 0 Å². The molecule has 0 saturated heterocycles. The normalized spacial score (nSPS) is 10.8. The minimum Gasteiger partial charge on any atom is -0.270 e. The highest BCUT2D eigenvalue weighted by atomic mass is 79.9. The summed E-state index contributed by atoms with van der Waals surface area (Å²) >= 11 is 5.00. The van der Waals surface area contributed by atoms with Gasteiger partial charge < -0.3 is 0 Å². The fourth-order valence-corrected chi connectivity index (χ4v) is 3.42. The molecule has 6 heteroatoms. The molecule has 0 radical (unpaired) electrons. The number of nitrogens with zero attached hydrogens (tertiary/aromatic N) is 2. The molecule has 0 amide bonds. The molecule has 1 aromatic heterocycles. The first kappa shape index (κ1) is 16.1. The summed E-state index contributed by atoms with van der Waals surface area (Å²) in [5.74, 6) is 0.781. The Hall–Kier alpha value is -1.79. The van der Waals surface area contributed by atoms with Crippen molar-refractivity contribution in [1.29, 1.82) is 0 Å². The molecule has 3 rings (SSSR count). The number of H-pyrrole nitrogens is 1. The molecule has 118 valence electrons. The molecule has 1 N–H and O–H groups in total. The van der Waals surface area contributed by atoms with Gasteiger partial charge in [0.05, 0.1) is 0 Å². The lowest BCUT2D eigenvalue weighted by Crippen LogP contribution is -2.18. The molecule has 0 spiro atoms. The van der Waals surface area contributed by atoms with Crippen LogP contribution in [0.3, 0.4) is 0 Å². The first-order valence-electron chi connectivity index (χ1n) is 7.29. The van der Waals surface area contributed by atoms with E-state index >= 15 is 0 Å². The Morgan fingerprint density at radius 1 is 1.04 bits per heavy atom. The van der Waals surface area contributed by atoms with E-state index in [1.165, 1.54) is 11.1 Å². The third-order valence-electron chi connectivity index (χ3n) is 3.47. The molecule has 4 nitrogen and oxygen atoms in total. The van der Waals surface area contributed by atoms with Gasteiger partial charge in [-0.1, -0.05) is 70.2 Å². The van der Waals surface area contributed by atoms with E-state index in [9.17, 15) is 4.79 Å². The average molecular weight is 390 g/mol. The maximum absolute atomic E-state index is 11.9. The van der Waals surface area contributed by atoms with Gasteiger partial charge in [0.1, 0.15) is 0 Å². The molecule has 3 aromatic rings. The van der Waals surface area contributed by atoms with Crippen molar-refractivity contribution in [2.75, 3.05) is 0 Å². The van der Waals surface area contributed by atoms with E-state index in [2.05, 4.69) is 50.4 Å². The standard InChI is InChI=1S/C17H16BrN3OS/c18-15-8-6-14(7-9-15)12-23-17-20-19-16(22)21(17)11-10-13-4-2-1-3-5-13/h1-9H,10-12H2,(H,19,22). The lowest BCUT2D eigenvalue weighted by molar-refractivity contribution is 0.616. The van der Waals surface area contributed by atoms with Gasteiger partial charge in [0.15, 0.2) is 5.16 Å². The van der Waals surface area contributed by atoms with E-state index in [1.807, 2.05) is 30.3 Å². The van der Waals surface area contributed by atoms with Crippen LogP contribution in [0.15, 0.2) is 69.0 Å². The zero-order chi connectivity index (χ0) is 16.1. The number of hydrogen-bond donors (Lipinski definition) is 1. The Morgan fingerprint density at radius 3 is 2.52 bits per heavy atom. The zero-order valence-corrected chi connectivity index (χ0v) is 14.8. The number of rotatable bonds is 6. The van der Waals surface area contributed by atoms with Crippen molar-refractivity contribution in [2.24, 2.45) is 0 Å². The number of aryl methyl sites for hydroxylation is 1. The van der Waals surface area contributed by atoms with Crippen LogP contribution in [0.1, 0.15) is 11.1 Å². The van der Waals surface area contributed by atoms with Crippen molar-refractivity contribution in [1.82, 2.24) is 14.8 Å². The monoisotopic (exact) mass is 389 g/mol. The second-order valence-electron chi connectivity index (χ2n) is 5.11. The lowest BCUT2D eigenvalue weighted by atomic mass is 10.1. The zero-order valence-electron chi connectivity index (χ0n) is 12.4. The molecule has 1 heterocycles. The van der Waals surface area contributed by atoms with Crippen molar-refractivity contribution in [3.05, 3.63) is 80.7 Å². The molecule has 0 aliphatic carbocycles. The van der Waals surface area contributed by atoms with Crippen LogP contribution in [0, 0.1) is 0 Å². The summed E-state index contributed by atoms with van der Waals surface area (Å²) in [6.45, 7) is 0.627. The molecule has 2 aromatic carbocycles. The SMILES string of the molecule is O=c1[nH]nc(SCc2ccc(Br)cc2)n1CCc1ccccc1. The third-order valence-corrected chi connectivity index (χ3v) is 5.05. The van der Waals surface area contributed by atoms with Crippen molar-refractivity contribution in [2.45, 2.75) is 23.9 Å². The van der Waals surface area contributed by atoms with Crippen molar-refractivity contribution < 1.29 is 0 Å². The maximum atomic E-state index is 11.9. The first-order valence-corrected chi connectivity index (χ1v) is 9.06. The fourth-order valence-electron chi connectivity index (χ4n) is 2.22. The van der Waals surface area contributed by atoms with Gasteiger partial charge in [-0.3, -0.25) is 4.57 Å². The predicted molar refractivity (Wildman–Crippen MR) is 96.7 cm³/mol. The van der Waals surface area contributed by atoms with Gasteiger partial charge in [0.25, 0.3) is 0 Å². The second kappa shape index (κ2) is 7.66. The molecule has 0 aliphatic heterocycles. The van der Waals surface area contributed by atoms with E-state index < -0.39 is 0 Å². The topological polar surface area (TPSA) is 50.7 Å². The average Bonchev–Trinajstić information content (AvgIpc) is 2.93. The Morgan fingerprint density at radius 2 is 1.78 bits per heavy atom. The van der Waals surface area contributed by atoms with E-state index in [0.717, 1.165) is 21.8 Å². The maximum Gasteiger partial charge on any atom is 0.343 e. The number of halogens is 1. The van der Waals surface area contributed by atoms with Gasteiger partial charge in [0, 0.05) is 16.8 Å². The van der Waals surface area contributed by atoms with Crippen LogP contribution in [0.25, 0.3) is 0 Å². The van der Waals surface area contributed by atoms with Gasteiger partial charge >= 0.3 is 5.69 Å². The Balaban J connectivity index is 1.66. The molecular weight excluding hydrogens is 374 g/mol. The van der Waals surface area contributed by atoms with Gasteiger partial charge in [-0.05, 0) is 29.7 Å². The molecule has 23 heavy (non-hydrogen) atoms. The first-order chi connectivity index (χ1) is 11.2. The number of hydrogen-bond acceptors (Lipinski definition) is 3. The van der Waals surface area contributed by atoms with Crippen LogP contribution in [-0.4, -0.2) is 14.8 Å². The Labute approximate surface area is 147 Å². The molecular formula is C17H16BrN3OS. The summed E-state index contributed by atoms with van der Waals surface area (Å²) in [6, 6.07) is 18.3. The highest BCUT2D eigenvalue weighted by Gasteiger charge is 2.09. The minimum absolute atomic E-state index is 0.153. The summed E-state index contributed by atoms with van der Waals surface area (Å²) in [6.07, 6.45) is 0.812. The van der Waals surface area contributed by atoms with E-state index in [4.69, 9.17) is 0 Å². The summed E-state index contributed by atoms with van der Waals surface area (Å²) in [4.78, 5) is 11.9. The van der Waals surface area contributed by atoms with Crippen LogP contribution in [0.4, 0.5) is 0 Å². The molecule has 0 saturated carbocycles. The van der Waals surface area contributed by atoms with Crippen LogP contribution >= 0.6 is 27.7 Å². The van der Waals surface area contributed by atoms with Crippen molar-refractivity contribution >= 4 is 27.7 Å². The van der Waals surface area contributed by atoms with Crippen molar-refractivity contribution in [3.63, 3.8) is 0 Å². The van der Waals surface area contributed by atoms with Crippen LogP contribution in [0.2, 0.25) is 0 Å². The Kier molecular flexibility index (Phi) is 5.35. The molecule has 0 aliphatic rings. The number of benzene rings is 2. The largest absolute Gasteiger partial charge is 0.343 e. The van der Waals surface area contributed by atoms with Crippen LogP contribution < -0.4 is 5.69 Å². The van der Waals surface area contributed by atoms with Crippen LogP contribution in [-0.2, 0) is 18.7 Å². The van der Waals surface area contributed by atoms with E-state index in [-0.39, 0.29) is 5.69 Å². The number of nitrogens with one attached hydrogen (secondary N) is 1. The van der Waals surface area contributed by atoms with Gasteiger partial charge in [0.2, 0.25) is 0 Å². The predicted octanol–water partition coefficient (Wildman–Crippen LogP) is 3.87. The smallest absolute Gasteiger partial charge is 0.270 e. The highest BCUT2D eigenvalue weighted by molar-refractivity contribution is 9.10. The second-order valence-corrected chi connectivity index (χ2v) is 6.97. The molecule has 0 atom stereocenters. The molecule has 0 fully saturated rings. The van der Waals surface area contributed by atoms with Gasteiger partial charge in [-0.25, -0.2) is 9.89 Å².